The molecule has 2 nitrogen and oxygen atoms in total. The Balaban J connectivity index is 1.93. The van der Waals surface area contributed by atoms with E-state index in [9.17, 15) is 0 Å². The Bertz CT molecular complexity index is 453. The number of aromatic nitrogens is 1. The molecule has 88 valence electrons. The Morgan fingerprint density at radius 3 is 2.59 bits per heavy atom. The van der Waals surface area contributed by atoms with Gasteiger partial charge in [-0.05, 0) is 31.0 Å². The number of hydrogen-bond acceptors (Lipinski definition) is 2. The zero-order valence-electron chi connectivity index (χ0n) is 9.73. The van der Waals surface area contributed by atoms with Crippen molar-refractivity contribution in [2.75, 3.05) is 5.32 Å². The number of anilines is 1. The molecule has 1 unspecified atom stereocenters. The molecule has 1 aromatic carbocycles. The molecule has 1 N–H and O–H groups in total. The van der Waals surface area contributed by atoms with Crippen LogP contribution in [0.4, 0.5) is 5.82 Å². The fourth-order valence-electron chi connectivity index (χ4n) is 1.73. The van der Waals surface area contributed by atoms with Gasteiger partial charge in [0.05, 0.1) is 5.02 Å². The summed E-state index contributed by atoms with van der Waals surface area (Å²) in [5, 5.41) is 4.01. The number of pyridine rings is 1. The molecule has 17 heavy (non-hydrogen) atoms. The van der Waals surface area contributed by atoms with Gasteiger partial charge in [-0.25, -0.2) is 4.98 Å². The van der Waals surface area contributed by atoms with Crippen LogP contribution in [0.3, 0.4) is 0 Å². The summed E-state index contributed by atoms with van der Waals surface area (Å²) in [4.78, 5) is 4.22. The average molecular weight is 247 g/mol. The van der Waals surface area contributed by atoms with Gasteiger partial charge in [-0.3, -0.25) is 0 Å². The van der Waals surface area contributed by atoms with Gasteiger partial charge in [-0.1, -0.05) is 41.9 Å². The molecule has 0 amide bonds. The van der Waals surface area contributed by atoms with Crippen molar-refractivity contribution in [1.29, 1.82) is 0 Å². The van der Waals surface area contributed by atoms with Crippen LogP contribution in [0.5, 0.6) is 0 Å². The van der Waals surface area contributed by atoms with Gasteiger partial charge in [0, 0.05) is 12.2 Å². The Kier molecular flexibility index (Phi) is 3.99. The van der Waals surface area contributed by atoms with Crippen LogP contribution < -0.4 is 5.32 Å². The minimum atomic E-state index is 0.339. The lowest BCUT2D eigenvalue weighted by molar-refractivity contribution is 0.785. The zero-order valence-corrected chi connectivity index (χ0v) is 10.5. The molecule has 0 aliphatic carbocycles. The molecular formula is C14H15ClN2. The highest BCUT2D eigenvalue weighted by Crippen LogP contribution is 2.12. The van der Waals surface area contributed by atoms with Crippen molar-refractivity contribution in [2.45, 2.75) is 19.4 Å². The van der Waals surface area contributed by atoms with E-state index < -0.39 is 0 Å². The van der Waals surface area contributed by atoms with E-state index in [2.05, 4.69) is 41.5 Å². The van der Waals surface area contributed by atoms with Gasteiger partial charge in [0.2, 0.25) is 0 Å². The Morgan fingerprint density at radius 2 is 1.94 bits per heavy atom. The highest BCUT2D eigenvalue weighted by atomic mass is 35.5. The maximum atomic E-state index is 5.79. The molecule has 0 saturated heterocycles. The summed E-state index contributed by atoms with van der Waals surface area (Å²) in [7, 11) is 0. The average Bonchev–Trinajstić information content (AvgIpc) is 2.33. The second-order valence-corrected chi connectivity index (χ2v) is 4.53. The first-order valence-electron chi connectivity index (χ1n) is 5.66. The first-order valence-corrected chi connectivity index (χ1v) is 6.04. The number of hydrogen-bond donors (Lipinski definition) is 1. The van der Waals surface area contributed by atoms with Crippen LogP contribution in [-0.4, -0.2) is 11.0 Å². The molecular weight excluding hydrogens is 232 g/mol. The van der Waals surface area contributed by atoms with Crippen LogP contribution in [0.1, 0.15) is 12.5 Å². The van der Waals surface area contributed by atoms with E-state index in [1.54, 1.807) is 6.20 Å². The van der Waals surface area contributed by atoms with E-state index in [-0.39, 0.29) is 0 Å². The summed E-state index contributed by atoms with van der Waals surface area (Å²) in [6, 6.07) is 14.5. The maximum Gasteiger partial charge on any atom is 0.126 e. The molecule has 0 bridgehead atoms. The standard InChI is InChI=1S/C14H15ClN2/c1-11(9-12-5-3-2-4-6-12)17-14-8-7-13(15)10-16-14/h2-8,10-11H,9H2,1H3,(H,16,17). The minimum Gasteiger partial charge on any atom is -0.367 e. The first-order chi connectivity index (χ1) is 8.24. The van der Waals surface area contributed by atoms with E-state index >= 15 is 0 Å². The first kappa shape index (κ1) is 11.9. The summed E-state index contributed by atoms with van der Waals surface area (Å²) >= 11 is 5.79. The third kappa shape index (κ3) is 3.75. The van der Waals surface area contributed by atoms with Gasteiger partial charge < -0.3 is 5.32 Å². The predicted octanol–water partition coefficient (Wildman–Crippen LogP) is 3.78. The van der Waals surface area contributed by atoms with E-state index in [1.807, 2.05) is 18.2 Å². The molecule has 2 aromatic rings. The predicted molar refractivity (Wildman–Crippen MR) is 72.5 cm³/mol. The summed E-state index contributed by atoms with van der Waals surface area (Å²) in [5.41, 5.74) is 1.32. The molecule has 0 saturated carbocycles. The molecule has 0 aliphatic heterocycles. The number of halogens is 1. The Hall–Kier alpha value is -1.54. The van der Waals surface area contributed by atoms with Crippen molar-refractivity contribution < 1.29 is 0 Å². The van der Waals surface area contributed by atoms with E-state index in [4.69, 9.17) is 11.6 Å². The molecule has 3 heteroatoms. The second-order valence-electron chi connectivity index (χ2n) is 4.10. The summed E-state index contributed by atoms with van der Waals surface area (Å²) in [5.74, 6) is 0.859. The smallest absolute Gasteiger partial charge is 0.126 e. The maximum absolute atomic E-state index is 5.79. The largest absolute Gasteiger partial charge is 0.367 e. The lowest BCUT2D eigenvalue weighted by atomic mass is 10.1. The molecule has 2 rings (SSSR count). The molecule has 0 fully saturated rings. The molecule has 1 aromatic heterocycles. The van der Waals surface area contributed by atoms with Gasteiger partial charge >= 0.3 is 0 Å². The lowest BCUT2D eigenvalue weighted by Crippen LogP contribution is -2.18. The molecule has 0 radical (unpaired) electrons. The Morgan fingerprint density at radius 1 is 1.18 bits per heavy atom. The zero-order chi connectivity index (χ0) is 12.1. The summed E-state index contributed by atoms with van der Waals surface area (Å²) in [6.45, 7) is 2.14. The van der Waals surface area contributed by atoms with Gasteiger partial charge in [-0.15, -0.1) is 0 Å². The van der Waals surface area contributed by atoms with Crippen LogP contribution in [0.2, 0.25) is 5.02 Å². The van der Waals surface area contributed by atoms with E-state index in [0.29, 0.717) is 11.1 Å². The van der Waals surface area contributed by atoms with Crippen LogP contribution in [-0.2, 0) is 6.42 Å². The van der Waals surface area contributed by atoms with E-state index in [0.717, 1.165) is 12.2 Å². The van der Waals surface area contributed by atoms with Crippen molar-refractivity contribution in [1.82, 2.24) is 4.98 Å². The fourth-order valence-corrected chi connectivity index (χ4v) is 1.84. The van der Waals surface area contributed by atoms with Crippen LogP contribution >= 0.6 is 11.6 Å². The molecule has 0 aliphatic rings. The third-order valence-corrected chi connectivity index (χ3v) is 2.73. The summed E-state index contributed by atoms with van der Waals surface area (Å²) in [6.07, 6.45) is 2.63. The molecule has 0 spiro atoms. The highest BCUT2D eigenvalue weighted by Gasteiger charge is 2.03. The van der Waals surface area contributed by atoms with Crippen LogP contribution in [0, 0.1) is 0 Å². The number of nitrogens with one attached hydrogen (secondary N) is 1. The third-order valence-electron chi connectivity index (χ3n) is 2.51. The van der Waals surface area contributed by atoms with Crippen LogP contribution in [0.15, 0.2) is 48.7 Å². The second kappa shape index (κ2) is 5.69. The van der Waals surface area contributed by atoms with Crippen molar-refractivity contribution >= 4 is 17.4 Å². The molecule has 1 heterocycles. The number of benzene rings is 1. The van der Waals surface area contributed by atoms with Gasteiger partial charge in [0.25, 0.3) is 0 Å². The van der Waals surface area contributed by atoms with Crippen LogP contribution in [0.25, 0.3) is 0 Å². The topological polar surface area (TPSA) is 24.9 Å². The number of rotatable bonds is 4. The van der Waals surface area contributed by atoms with Crippen molar-refractivity contribution in [3.05, 3.63) is 59.2 Å². The van der Waals surface area contributed by atoms with Gasteiger partial charge in [-0.2, -0.15) is 0 Å². The molecule has 1 atom stereocenters. The quantitative estimate of drug-likeness (QED) is 0.888. The van der Waals surface area contributed by atoms with Crippen molar-refractivity contribution in [3.8, 4) is 0 Å². The van der Waals surface area contributed by atoms with Crippen molar-refractivity contribution in [2.24, 2.45) is 0 Å². The summed E-state index contributed by atoms with van der Waals surface area (Å²) < 4.78 is 0. The number of nitrogens with zero attached hydrogens (tertiary/aromatic N) is 1. The normalized spacial score (nSPS) is 12.1. The van der Waals surface area contributed by atoms with Crippen molar-refractivity contribution in [3.63, 3.8) is 0 Å². The van der Waals surface area contributed by atoms with E-state index in [1.165, 1.54) is 5.56 Å². The highest BCUT2D eigenvalue weighted by molar-refractivity contribution is 6.30. The SMILES string of the molecule is CC(Cc1ccccc1)Nc1ccc(Cl)cn1. The fraction of sp³-hybridized carbons (Fsp3) is 0.214. The Labute approximate surface area is 107 Å². The monoisotopic (exact) mass is 246 g/mol. The van der Waals surface area contributed by atoms with Gasteiger partial charge in [0.15, 0.2) is 0 Å². The van der Waals surface area contributed by atoms with Gasteiger partial charge in [0.1, 0.15) is 5.82 Å². The lowest BCUT2D eigenvalue weighted by Gasteiger charge is -2.14. The minimum absolute atomic E-state index is 0.339.